The number of aromatic nitrogens is 3. The van der Waals surface area contributed by atoms with Gasteiger partial charge in [-0.3, -0.25) is 0 Å². The van der Waals surface area contributed by atoms with Crippen LogP contribution in [0.2, 0.25) is 0 Å². The zero-order valence-electron chi connectivity index (χ0n) is 32.7. The Morgan fingerprint density at radius 3 is 1.13 bits per heavy atom. The van der Waals surface area contributed by atoms with Gasteiger partial charge in [0.15, 0.2) is 17.5 Å². The monoisotopic (exact) mass is 763 g/mol. The van der Waals surface area contributed by atoms with Gasteiger partial charge in [0.2, 0.25) is 0 Å². The number of hydrogen-bond acceptors (Lipinski definition) is 3. The molecule has 0 radical (unpaired) electrons. The van der Waals surface area contributed by atoms with Crippen molar-refractivity contribution < 1.29 is 0 Å². The van der Waals surface area contributed by atoms with Crippen LogP contribution in [0.15, 0.2) is 224 Å². The van der Waals surface area contributed by atoms with E-state index < -0.39 is 0 Å². The first-order chi connectivity index (χ1) is 29.7. The second-order valence-corrected chi connectivity index (χ2v) is 15.1. The molecule has 11 aromatic rings. The van der Waals surface area contributed by atoms with Crippen molar-refractivity contribution in [2.75, 3.05) is 0 Å². The van der Waals surface area contributed by atoms with Gasteiger partial charge in [0, 0.05) is 16.7 Å². The highest BCUT2D eigenvalue weighted by Gasteiger charge is 2.18. The van der Waals surface area contributed by atoms with Crippen LogP contribution in [0.5, 0.6) is 0 Å². The second kappa shape index (κ2) is 15.1. The summed E-state index contributed by atoms with van der Waals surface area (Å²) >= 11 is 0. The molecule has 10 aromatic carbocycles. The maximum Gasteiger partial charge on any atom is 0.164 e. The van der Waals surface area contributed by atoms with Crippen molar-refractivity contribution in [3.63, 3.8) is 0 Å². The first-order valence-electron chi connectivity index (χ1n) is 20.4. The molecular formula is C57H37N3. The molecule has 0 N–H and O–H groups in total. The highest BCUT2D eigenvalue weighted by molar-refractivity contribution is 6.12. The van der Waals surface area contributed by atoms with Gasteiger partial charge in [-0.15, -0.1) is 0 Å². The summed E-state index contributed by atoms with van der Waals surface area (Å²) in [5.74, 6) is 1.91. The Bertz CT molecular complexity index is 3330. The lowest BCUT2D eigenvalue weighted by Crippen LogP contribution is -2.01. The van der Waals surface area contributed by atoms with Gasteiger partial charge in [-0.2, -0.15) is 0 Å². The summed E-state index contributed by atoms with van der Waals surface area (Å²) in [5.41, 5.74) is 12.4. The van der Waals surface area contributed by atoms with E-state index in [0.717, 1.165) is 38.6 Å². The highest BCUT2D eigenvalue weighted by Crippen LogP contribution is 2.41. The molecule has 0 fully saturated rings. The van der Waals surface area contributed by atoms with Gasteiger partial charge in [0.05, 0.1) is 0 Å². The lowest BCUT2D eigenvalue weighted by molar-refractivity contribution is 1.08. The normalized spacial score (nSPS) is 11.3. The topological polar surface area (TPSA) is 38.7 Å². The molecule has 0 unspecified atom stereocenters. The Morgan fingerprint density at radius 1 is 0.183 bits per heavy atom. The van der Waals surface area contributed by atoms with Crippen molar-refractivity contribution in [3.05, 3.63) is 224 Å². The van der Waals surface area contributed by atoms with Crippen molar-refractivity contribution in [2.24, 2.45) is 0 Å². The summed E-state index contributed by atoms with van der Waals surface area (Å²) in [6.45, 7) is 0. The number of hydrogen-bond donors (Lipinski definition) is 0. The minimum atomic E-state index is 0.634. The molecule has 0 amide bonds. The second-order valence-electron chi connectivity index (χ2n) is 15.1. The van der Waals surface area contributed by atoms with Crippen LogP contribution in [0.3, 0.4) is 0 Å². The van der Waals surface area contributed by atoms with Crippen molar-refractivity contribution in [1.29, 1.82) is 0 Å². The van der Waals surface area contributed by atoms with E-state index in [2.05, 4.69) is 206 Å². The third-order valence-electron chi connectivity index (χ3n) is 11.6. The van der Waals surface area contributed by atoms with E-state index in [9.17, 15) is 0 Å². The predicted octanol–water partition coefficient (Wildman–Crippen LogP) is 15.0. The van der Waals surface area contributed by atoms with Crippen LogP contribution in [0.4, 0.5) is 0 Å². The number of benzene rings is 10. The van der Waals surface area contributed by atoms with Crippen molar-refractivity contribution in [3.8, 4) is 78.7 Å². The van der Waals surface area contributed by atoms with Crippen molar-refractivity contribution in [1.82, 2.24) is 15.0 Å². The summed E-state index contributed by atoms with van der Waals surface area (Å²) in [6, 6.07) is 79.5. The average Bonchev–Trinajstić information content (AvgIpc) is 3.34. The van der Waals surface area contributed by atoms with E-state index in [4.69, 9.17) is 15.0 Å². The van der Waals surface area contributed by atoms with E-state index in [-0.39, 0.29) is 0 Å². The van der Waals surface area contributed by atoms with Gasteiger partial charge in [0.25, 0.3) is 0 Å². The van der Waals surface area contributed by atoms with Crippen LogP contribution in [0.25, 0.3) is 111 Å². The van der Waals surface area contributed by atoms with Gasteiger partial charge >= 0.3 is 0 Å². The van der Waals surface area contributed by atoms with Crippen LogP contribution in [0.1, 0.15) is 0 Å². The molecule has 0 aliphatic carbocycles. The summed E-state index contributed by atoms with van der Waals surface area (Å²) in [7, 11) is 0. The van der Waals surface area contributed by atoms with E-state index >= 15 is 0 Å². The van der Waals surface area contributed by atoms with Crippen LogP contribution in [-0.4, -0.2) is 15.0 Å². The van der Waals surface area contributed by atoms with Gasteiger partial charge in [-0.1, -0.05) is 218 Å². The molecule has 0 spiro atoms. The molecule has 0 saturated carbocycles. The van der Waals surface area contributed by atoms with Gasteiger partial charge in [0.1, 0.15) is 0 Å². The zero-order chi connectivity index (χ0) is 39.8. The molecule has 280 valence electrons. The molecule has 0 aliphatic heterocycles. The summed E-state index contributed by atoms with van der Waals surface area (Å²) in [4.78, 5) is 15.4. The van der Waals surface area contributed by atoms with Gasteiger partial charge in [-0.25, -0.2) is 15.0 Å². The van der Waals surface area contributed by atoms with Crippen LogP contribution < -0.4 is 0 Å². The smallest absolute Gasteiger partial charge is 0.164 e. The Hall–Kier alpha value is -8.01. The fourth-order valence-corrected chi connectivity index (χ4v) is 8.61. The first kappa shape index (κ1) is 35.2. The minimum Gasteiger partial charge on any atom is -0.208 e. The maximum atomic E-state index is 5.20. The zero-order valence-corrected chi connectivity index (χ0v) is 32.7. The molecule has 3 nitrogen and oxygen atoms in total. The van der Waals surface area contributed by atoms with Crippen LogP contribution >= 0.6 is 0 Å². The molecule has 1 heterocycles. The molecule has 0 bridgehead atoms. The van der Waals surface area contributed by atoms with Crippen LogP contribution in [-0.2, 0) is 0 Å². The molecule has 0 atom stereocenters. The van der Waals surface area contributed by atoms with Crippen molar-refractivity contribution in [2.45, 2.75) is 0 Å². The minimum absolute atomic E-state index is 0.634. The SMILES string of the molecule is c1ccc(-c2ccc(-c3ccc(-c4ccc(-c5nc(-c6ccccc6)nc(-c6ccc(-c7cccc8ccccc78)cc6)n5)c5ccccc45)c4ccccc34)cc2)cc1. The Labute approximate surface area is 349 Å². The standard InChI is InChI=1S/C57H37N3/c1-3-14-38(15-4-1)39-26-28-42(29-27-39)47-34-35-52(49-22-10-9-21-48(47)49)53-36-37-54(51-24-12-11-23-50(51)53)57-59-55(43-17-5-2-6-18-43)58-56(60-57)44-32-30-41(31-33-44)46-25-13-19-40-16-7-8-20-45(40)46/h1-37H. The predicted molar refractivity (Wildman–Crippen MR) is 250 cm³/mol. The number of rotatable bonds is 7. The fraction of sp³-hybridized carbons (Fsp3) is 0. The quantitative estimate of drug-likeness (QED) is 0.162. The molecular weight excluding hydrogens is 727 g/mol. The van der Waals surface area contributed by atoms with Crippen molar-refractivity contribution >= 4 is 32.3 Å². The van der Waals surface area contributed by atoms with Crippen LogP contribution in [0, 0.1) is 0 Å². The molecule has 3 heteroatoms. The summed E-state index contributed by atoms with van der Waals surface area (Å²) in [6.07, 6.45) is 0. The van der Waals surface area contributed by atoms with E-state index in [0.29, 0.717) is 17.5 Å². The number of fused-ring (bicyclic) bond motifs is 3. The molecule has 0 saturated heterocycles. The van der Waals surface area contributed by atoms with Gasteiger partial charge in [-0.05, 0) is 82.9 Å². The van der Waals surface area contributed by atoms with E-state index in [1.165, 1.54) is 54.9 Å². The first-order valence-corrected chi connectivity index (χ1v) is 20.4. The number of nitrogens with zero attached hydrogens (tertiary/aromatic N) is 3. The third kappa shape index (κ3) is 6.39. The molecule has 1 aromatic heterocycles. The fourth-order valence-electron chi connectivity index (χ4n) is 8.61. The summed E-state index contributed by atoms with van der Waals surface area (Å²) < 4.78 is 0. The van der Waals surface area contributed by atoms with Gasteiger partial charge < -0.3 is 0 Å². The Kier molecular flexibility index (Phi) is 8.83. The summed E-state index contributed by atoms with van der Waals surface area (Å²) in [5, 5.41) is 7.11. The molecule has 60 heavy (non-hydrogen) atoms. The lowest BCUT2D eigenvalue weighted by Gasteiger charge is -2.16. The Balaban J connectivity index is 1.01. The highest BCUT2D eigenvalue weighted by atomic mass is 15.0. The lowest BCUT2D eigenvalue weighted by atomic mass is 9.88. The average molecular weight is 764 g/mol. The molecule has 0 aliphatic rings. The van der Waals surface area contributed by atoms with E-state index in [1.807, 2.05) is 18.2 Å². The largest absolute Gasteiger partial charge is 0.208 e. The van der Waals surface area contributed by atoms with E-state index in [1.54, 1.807) is 0 Å². The third-order valence-corrected chi connectivity index (χ3v) is 11.6. The Morgan fingerprint density at radius 2 is 0.533 bits per heavy atom. The maximum absolute atomic E-state index is 5.20. The molecule has 11 rings (SSSR count).